The molecule has 1 unspecified atom stereocenters. The normalized spacial score (nSPS) is 11.9. The maximum atomic E-state index is 14.4. The Bertz CT molecular complexity index is 1800. The van der Waals surface area contributed by atoms with Crippen molar-refractivity contribution in [2.24, 2.45) is 0 Å². The van der Waals surface area contributed by atoms with Crippen LogP contribution in [0.1, 0.15) is 22.8 Å². The molecule has 0 radical (unpaired) electrons. The summed E-state index contributed by atoms with van der Waals surface area (Å²) in [5.41, 5.74) is 1.62. The van der Waals surface area contributed by atoms with Crippen molar-refractivity contribution in [1.29, 1.82) is 0 Å². The number of hydrogen-bond donors (Lipinski definition) is 3. The Hall–Kier alpha value is -5.21. The Kier molecular flexibility index (Phi) is 9.29. The van der Waals surface area contributed by atoms with Crippen LogP contribution in [0.15, 0.2) is 132 Å². The Morgan fingerprint density at radius 1 is 0.744 bits per heavy atom. The van der Waals surface area contributed by atoms with Crippen LogP contribution >= 0.6 is 11.8 Å². The van der Waals surface area contributed by atoms with Crippen molar-refractivity contribution in [2.75, 3.05) is 10.6 Å². The lowest BCUT2D eigenvalue weighted by atomic mass is 10.1. The molecule has 0 heterocycles. The second kappa shape index (κ2) is 13.6. The third kappa shape index (κ3) is 7.55. The number of hydrogen-bond acceptors (Lipinski definition) is 4. The van der Waals surface area contributed by atoms with Gasteiger partial charge in [-0.3, -0.25) is 14.4 Å². The van der Waals surface area contributed by atoms with E-state index in [0.717, 1.165) is 21.4 Å². The number of thioether (sulfide) groups is 1. The zero-order valence-corrected chi connectivity index (χ0v) is 24.0. The molecule has 0 spiro atoms. The first kappa shape index (κ1) is 29.3. The summed E-state index contributed by atoms with van der Waals surface area (Å²) in [6, 6.07) is 35.1. The Labute approximate surface area is 253 Å². The van der Waals surface area contributed by atoms with Gasteiger partial charge in [0.2, 0.25) is 5.91 Å². The van der Waals surface area contributed by atoms with Crippen molar-refractivity contribution in [3.8, 4) is 0 Å². The summed E-state index contributed by atoms with van der Waals surface area (Å²) in [5.74, 6) is -1.77. The van der Waals surface area contributed by atoms with E-state index >= 15 is 0 Å². The lowest BCUT2D eigenvalue weighted by molar-refractivity contribution is -0.115. The average Bonchev–Trinajstić information content (AvgIpc) is 3.03. The Balaban J connectivity index is 1.25. The highest BCUT2D eigenvalue weighted by Crippen LogP contribution is 2.28. The number of halogens is 1. The first-order valence-electron chi connectivity index (χ1n) is 13.6. The minimum absolute atomic E-state index is 0.115. The molecule has 0 aromatic heterocycles. The fourth-order valence-electron chi connectivity index (χ4n) is 4.33. The molecule has 5 aromatic carbocycles. The van der Waals surface area contributed by atoms with Crippen molar-refractivity contribution < 1.29 is 18.8 Å². The molecular weight excluding hydrogens is 561 g/mol. The summed E-state index contributed by atoms with van der Waals surface area (Å²) in [5, 5.41) is 10.0. The van der Waals surface area contributed by atoms with Gasteiger partial charge in [-0.05, 0) is 66.9 Å². The zero-order chi connectivity index (χ0) is 30.2. The summed E-state index contributed by atoms with van der Waals surface area (Å²) >= 11 is 1.38. The lowest BCUT2D eigenvalue weighted by Crippen LogP contribution is -2.30. The maximum absolute atomic E-state index is 14.4. The molecule has 43 heavy (non-hydrogen) atoms. The molecule has 0 aliphatic carbocycles. The van der Waals surface area contributed by atoms with Crippen molar-refractivity contribution in [3.63, 3.8) is 0 Å². The van der Waals surface area contributed by atoms with E-state index < -0.39 is 17.6 Å². The molecule has 0 saturated carbocycles. The molecule has 1 atom stereocenters. The van der Waals surface area contributed by atoms with E-state index in [1.165, 1.54) is 30.0 Å². The molecule has 0 bridgehead atoms. The van der Waals surface area contributed by atoms with Crippen LogP contribution in [-0.2, 0) is 9.59 Å². The number of carbonyl (C=O) groups excluding carboxylic acids is 3. The zero-order valence-electron chi connectivity index (χ0n) is 23.2. The predicted octanol–water partition coefficient (Wildman–Crippen LogP) is 7.51. The number of benzene rings is 5. The summed E-state index contributed by atoms with van der Waals surface area (Å²) < 4.78 is 14.4. The van der Waals surface area contributed by atoms with Gasteiger partial charge >= 0.3 is 0 Å². The first-order chi connectivity index (χ1) is 20.9. The molecule has 0 fully saturated rings. The second-order valence-electron chi connectivity index (χ2n) is 9.65. The molecule has 8 heteroatoms. The molecule has 5 aromatic rings. The SMILES string of the molecule is CC(Sc1ccc(NC(=O)/C(=C/c2ccccc2F)NC(=O)c2ccccc2)cc1)C(=O)Nc1cccc2ccccc12. The van der Waals surface area contributed by atoms with E-state index in [0.29, 0.717) is 11.3 Å². The fourth-order valence-corrected chi connectivity index (χ4v) is 5.20. The third-order valence-electron chi connectivity index (χ3n) is 6.58. The predicted molar refractivity (Wildman–Crippen MR) is 171 cm³/mol. The van der Waals surface area contributed by atoms with E-state index in [9.17, 15) is 18.8 Å². The minimum atomic E-state index is -0.615. The molecule has 214 valence electrons. The minimum Gasteiger partial charge on any atom is -0.325 e. The summed E-state index contributed by atoms with van der Waals surface area (Å²) in [6.07, 6.45) is 1.30. The van der Waals surface area contributed by atoms with Crippen LogP contribution in [0.25, 0.3) is 16.8 Å². The Morgan fingerprint density at radius 3 is 2.19 bits per heavy atom. The van der Waals surface area contributed by atoms with Gasteiger partial charge in [-0.25, -0.2) is 4.39 Å². The van der Waals surface area contributed by atoms with E-state index in [4.69, 9.17) is 0 Å². The summed E-state index contributed by atoms with van der Waals surface area (Å²) in [7, 11) is 0. The van der Waals surface area contributed by atoms with Gasteiger partial charge in [-0.15, -0.1) is 11.8 Å². The average molecular weight is 590 g/mol. The fraction of sp³-hybridized carbons (Fsp3) is 0.0571. The van der Waals surface area contributed by atoms with Crippen LogP contribution in [0.4, 0.5) is 15.8 Å². The van der Waals surface area contributed by atoms with Crippen molar-refractivity contribution >= 4 is 57.7 Å². The number of carbonyl (C=O) groups is 3. The molecule has 0 aliphatic rings. The van der Waals surface area contributed by atoms with Gasteiger partial charge in [0.1, 0.15) is 11.5 Å². The third-order valence-corrected chi connectivity index (χ3v) is 7.69. The number of amides is 3. The van der Waals surface area contributed by atoms with E-state index in [1.54, 1.807) is 66.7 Å². The standard InChI is InChI=1S/C35H28FN3O3S/c1-23(33(40)38-31-17-9-14-24-10-5-7-15-29(24)31)43-28-20-18-27(19-21-28)37-35(42)32(22-26-13-6-8-16-30(26)36)39-34(41)25-11-3-2-4-12-25/h2-23H,1H3,(H,37,42)(H,38,40)(H,39,41)/b32-22-. The molecule has 0 saturated heterocycles. The monoisotopic (exact) mass is 589 g/mol. The highest BCUT2D eigenvalue weighted by molar-refractivity contribution is 8.00. The van der Waals surface area contributed by atoms with Crippen LogP contribution < -0.4 is 16.0 Å². The van der Waals surface area contributed by atoms with Gasteiger partial charge < -0.3 is 16.0 Å². The van der Waals surface area contributed by atoms with E-state index in [1.807, 2.05) is 49.4 Å². The quantitative estimate of drug-likeness (QED) is 0.123. The van der Waals surface area contributed by atoms with Gasteiger partial charge in [-0.1, -0.05) is 72.8 Å². The number of anilines is 2. The smallest absolute Gasteiger partial charge is 0.272 e. The van der Waals surface area contributed by atoms with Gasteiger partial charge in [0, 0.05) is 32.8 Å². The van der Waals surface area contributed by atoms with Crippen molar-refractivity contribution in [1.82, 2.24) is 5.32 Å². The summed E-state index contributed by atoms with van der Waals surface area (Å²) in [4.78, 5) is 39.8. The molecule has 3 N–H and O–H groups in total. The van der Waals surface area contributed by atoms with Crippen LogP contribution in [0, 0.1) is 5.82 Å². The topological polar surface area (TPSA) is 87.3 Å². The number of nitrogens with one attached hydrogen (secondary N) is 3. The molecule has 0 aliphatic heterocycles. The van der Waals surface area contributed by atoms with E-state index in [-0.39, 0.29) is 22.4 Å². The Morgan fingerprint density at radius 2 is 1.42 bits per heavy atom. The maximum Gasteiger partial charge on any atom is 0.272 e. The van der Waals surface area contributed by atoms with Crippen LogP contribution in [0.2, 0.25) is 0 Å². The molecule has 3 amide bonds. The molecule has 6 nitrogen and oxygen atoms in total. The van der Waals surface area contributed by atoms with Crippen LogP contribution in [-0.4, -0.2) is 23.0 Å². The van der Waals surface area contributed by atoms with Gasteiger partial charge in [0.15, 0.2) is 0 Å². The second-order valence-corrected chi connectivity index (χ2v) is 11.1. The highest BCUT2D eigenvalue weighted by Gasteiger charge is 2.18. The summed E-state index contributed by atoms with van der Waals surface area (Å²) in [6.45, 7) is 1.83. The molecule has 5 rings (SSSR count). The number of rotatable bonds is 9. The van der Waals surface area contributed by atoms with Crippen LogP contribution in [0.5, 0.6) is 0 Å². The molecular formula is C35H28FN3O3S. The largest absolute Gasteiger partial charge is 0.325 e. The van der Waals surface area contributed by atoms with Gasteiger partial charge in [0.05, 0.1) is 5.25 Å². The van der Waals surface area contributed by atoms with Gasteiger partial charge in [0.25, 0.3) is 11.8 Å². The van der Waals surface area contributed by atoms with Gasteiger partial charge in [-0.2, -0.15) is 0 Å². The van der Waals surface area contributed by atoms with E-state index in [2.05, 4.69) is 16.0 Å². The lowest BCUT2D eigenvalue weighted by Gasteiger charge is -2.14. The van der Waals surface area contributed by atoms with Crippen molar-refractivity contribution in [2.45, 2.75) is 17.1 Å². The number of fused-ring (bicyclic) bond motifs is 1. The van der Waals surface area contributed by atoms with Crippen molar-refractivity contribution in [3.05, 3.63) is 144 Å². The van der Waals surface area contributed by atoms with Crippen LogP contribution in [0.3, 0.4) is 0 Å². The first-order valence-corrected chi connectivity index (χ1v) is 14.4. The highest BCUT2D eigenvalue weighted by atomic mass is 32.2.